The molecule has 0 aliphatic carbocycles. The number of nitriles is 1. The largest absolute Gasteiger partial charge is 0.369 e. The average molecular weight is 369 g/mol. The molecule has 27 heavy (non-hydrogen) atoms. The molecule has 0 aliphatic rings. The van der Waals surface area contributed by atoms with Crippen LogP contribution < -0.4 is 10.6 Å². The fourth-order valence-corrected chi connectivity index (χ4v) is 2.21. The van der Waals surface area contributed by atoms with Gasteiger partial charge in [0.05, 0.1) is 23.4 Å². The van der Waals surface area contributed by atoms with Crippen molar-refractivity contribution in [3.63, 3.8) is 0 Å². The number of hydrogen-bond donors (Lipinski definition) is 2. The van der Waals surface area contributed by atoms with Crippen molar-refractivity contribution in [3.05, 3.63) is 58.9 Å². The highest BCUT2D eigenvalue weighted by atomic mass is 19.1. The van der Waals surface area contributed by atoms with E-state index in [1.807, 2.05) is 19.9 Å². The molecule has 7 heteroatoms. The van der Waals surface area contributed by atoms with E-state index in [0.29, 0.717) is 5.69 Å². The van der Waals surface area contributed by atoms with E-state index in [1.165, 1.54) is 18.2 Å². The SMILES string of the molecule is Cc1ccc(C(=O)Nc2ccc(C#N)cc2F)cc1NC(=O)COC(C)C. The zero-order valence-electron chi connectivity index (χ0n) is 15.3. The first-order valence-electron chi connectivity index (χ1n) is 8.33. The fourth-order valence-electron chi connectivity index (χ4n) is 2.21. The summed E-state index contributed by atoms with van der Waals surface area (Å²) in [6.45, 7) is 5.35. The van der Waals surface area contributed by atoms with E-state index in [4.69, 9.17) is 10.00 Å². The van der Waals surface area contributed by atoms with Gasteiger partial charge < -0.3 is 15.4 Å². The first-order valence-corrected chi connectivity index (χ1v) is 8.33. The van der Waals surface area contributed by atoms with Crippen LogP contribution in [0.5, 0.6) is 0 Å². The summed E-state index contributed by atoms with van der Waals surface area (Å²) < 4.78 is 19.2. The predicted octanol–water partition coefficient (Wildman–Crippen LogP) is 3.62. The molecule has 0 saturated heterocycles. The number of aryl methyl sites for hydroxylation is 1. The molecule has 0 bridgehead atoms. The lowest BCUT2D eigenvalue weighted by Gasteiger charge is -2.12. The molecule has 0 aliphatic heterocycles. The monoisotopic (exact) mass is 369 g/mol. The molecule has 2 amide bonds. The van der Waals surface area contributed by atoms with Crippen LogP contribution in [0, 0.1) is 24.1 Å². The molecule has 0 radical (unpaired) electrons. The highest BCUT2D eigenvalue weighted by Gasteiger charge is 2.13. The molecule has 0 saturated carbocycles. The lowest BCUT2D eigenvalue weighted by atomic mass is 10.1. The number of rotatable bonds is 6. The number of nitrogens with zero attached hydrogens (tertiary/aromatic N) is 1. The quantitative estimate of drug-likeness (QED) is 0.813. The van der Waals surface area contributed by atoms with E-state index in [9.17, 15) is 14.0 Å². The van der Waals surface area contributed by atoms with Crippen molar-refractivity contribution in [2.24, 2.45) is 0 Å². The van der Waals surface area contributed by atoms with E-state index in [0.717, 1.165) is 11.6 Å². The first kappa shape index (κ1) is 20.1. The summed E-state index contributed by atoms with van der Waals surface area (Å²) in [5, 5.41) is 13.9. The van der Waals surface area contributed by atoms with Gasteiger partial charge in [-0.25, -0.2) is 4.39 Å². The number of hydrogen-bond acceptors (Lipinski definition) is 4. The number of carbonyl (C=O) groups excluding carboxylic acids is 2. The summed E-state index contributed by atoms with van der Waals surface area (Å²) in [5.74, 6) is -1.57. The zero-order chi connectivity index (χ0) is 20.0. The van der Waals surface area contributed by atoms with Gasteiger partial charge in [-0.05, 0) is 56.7 Å². The van der Waals surface area contributed by atoms with Gasteiger partial charge in [-0.1, -0.05) is 6.07 Å². The van der Waals surface area contributed by atoms with Gasteiger partial charge in [0.25, 0.3) is 5.91 Å². The third kappa shape index (κ3) is 5.62. The molecule has 140 valence electrons. The van der Waals surface area contributed by atoms with E-state index < -0.39 is 11.7 Å². The summed E-state index contributed by atoms with van der Waals surface area (Å²) in [4.78, 5) is 24.3. The van der Waals surface area contributed by atoms with Crippen molar-refractivity contribution < 1.29 is 18.7 Å². The van der Waals surface area contributed by atoms with Crippen LogP contribution in [0.25, 0.3) is 0 Å². The van der Waals surface area contributed by atoms with Crippen LogP contribution in [0.1, 0.15) is 35.3 Å². The second-order valence-corrected chi connectivity index (χ2v) is 6.20. The molecule has 0 atom stereocenters. The smallest absolute Gasteiger partial charge is 0.255 e. The van der Waals surface area contributed by atoms with Gasteiger partial charge in [0, 0.05) is 11.3 Å². The summed E-state index contributed by atoms with van der Waals surface area (Å²) in [6.07, 6.45) is -0.0729. The molecule has 6 nitrogen and oxygen atoms in total. The molecule has 2 aromatic rings. The summed E-state index contributed by atoms with van der Waals surface area (Å²) in [6, 6.07) is 10.4. The minimum Gasteiger partial charge on any atom is -0.369 e. The molecule has 2 aromatic carbocycles. The number of halogens is 1. The Morgan fingerprint density at radius 1 is 1.15 bits per heavy atom. The highest BCUT2D eigenvalue weighted by molar-refractivity contribution is 6.05. The topological polar surface area (TPSA) is 91.2 Å². The molecule has 0 fully saturated rings. The predicted molar refractivity (Wildman–Crippen MR) is 100.0 cm³/mol. The van der Waals surface area contributed by atoms with Crippen molar-refractivity contribution in [3.8, 4) is 6.07 Å². The molecular weight excluding hydrogens is 349 g/mol. The van der Waals surface area contributed by atoms with Crippen molar-refractivity contribution in [1.82, 2.24) is 0 Å². The lowest BCUT2D eigenvalue weighted by Crippen LogP contribution is -2.21. The maximum Gasteiger partial charge on any atom is 0.255 e. The Morgan fingerprint density at radius 2 is 1.89 bits per heavy atom. The standard InChI is InChI=1S/C20H20FN3O3/c1-12(2)27-11-19(25)23-18-9-15(6-4-13(18)3)20(26)24-17-7-5-14(10-22)8-16(17)21/h4-9,12H,11H2,1-3H3,(H,23,25)(H,24,26). The third-order valence-electron chi connectivity index (χ3n) is 3.67. The van der Waals surface area contributed by atoms with Gasteiger partial charge >= 0.3 is 0 Å². The maximum absolute atomic E-state index is 13.9. The second-order valence-electron chi connectivity index (χ2n) is 6.20. The Bertz CT molecular complexity index is 904. The fraction of sp³-hybridized carbons (Fsp3) is 0.250. The van der Waals surface area contributed by atoms with Crippen LogP contribution in [0.15, 0.2) is 36.4 Å². The molecule has 0 unspecified atom stereocenters. The van der Waals surface area contributed by atoms with Crippen molar-refractivity contribution in [1.29, 1.82) is 5.26 Å². The van der Waals surface area contributed by atoms with Crippen LogP contribution in [0.2, 0.25) is 0 Å². The van der Waals surface area contributed by atoms with Crippen LogP contribution in [0.4, 0.5) is 15.8 Å². The van der Waals surface area contributed by atoms with Crippen molar-refractivity contribution >= 4 is 23.2 Å². The van der Waals surface area contributed by atoms with Crippen molar-refractivity contribution in [2.45, 2.75) is 26.9 Å². The summed E-state index contributed by atoms with van der Waals surface area (Å²) in [7, 11) is 0. The lowest BCUT2D eigenvalue weighted by molar-refractivity contribution is -0.121. The average Bonchev–Trinajstić information content (AvgIpc) is 2.63. The van der Waals surface area contributed by atoms with Gasteiger partial charge in [0.15, 0.2) is 0 Å². The van der Waals surface area contributed by atoms with Gasteiger partial charge in [0.2, 0.25) is 5.91 Å². The van der Waals surface area contributed by atoms with E-state index in [2.05, 4.69) is 10.6 Å². The Kier molecular flexibility index (Phi) is 6.63. The first-order chi connectivity index (χ1) is 12.8. The number of ether oxygens (including phenoxy) is 1. The minimum absolute atomic E-state index is 0.0320. The molecule has 2 N–H and O–H groups in total. The van der Waals surface area contributed by atoms with Crippen LogP contribution in [0.3, 0.4) is 0 Å². The normalized spacial score (nSPS) is 10.4. The Hall–Kier alpha value is -3.24. The van der Waals surface area contributed by atoms with Gasteiger partial charge in [0.1, 0.15) is 12.4 Å². The molecule has 0 heterocycles. The Labute approximate surface area is 157 Å². The molecule has 0 spiro atoms. The number of anilines is 2. The summed E-state index contributed by atoms with van der Waals surface area (Å²) >= 11 is 0. The van der Waals surface area contributed by atoms with Gasteiger partial charge in [-0.3, -0.25) is 9.59 Å². The highest BCUT2D eigenvalue weighted by Crippen LogP contribution is 2.20. The van der Waals surface area contributed by atoms with Crippen LogP contribution in [-0.2, 0) is 9.53 Å². The Balaban J connectivity index is 2.13. The Morgan fingerprint density at radius 3 is 2.52 bits per heavy atom. The number of nitrogens with one attached hydrogen (secondary N) is 2. The van der Waals surface area contributed by atoms with E-state index >= 15 is 0 Å². The maximum atomic E-state index is 13.9. The number of benzene rings is 2. The molecule has 0 aromatic heterocycles. The summed E-state index contributed by atoms with van der Waals surface area (Å²) in [5.41, 5.74) is 1.63. The minimum atomic E-state index is -0.700. The number of carbonyl (C=O) groups is 2. The van der Waals surface area contributed by atoms with Crippen LogP contribution in [-0.4, -0.2) is 24.5 Å². The van der Waals surface area contributed by atoms with E-state index in [-0.39, 0.29) is 35.4 Å². The third-order valence-corrected chi connectivity index (χ3v) is 3.67. The van der Waals surface area contributed by atoms with E-state index in [1.54, 1.807) is 19.1 Å². The molecular formula is C20H20FN3O3. The zero-order valence-corrected chi connectivity index (χ0v) is 15.3. The van der Waals surface area contributed by atoms with Crippen LogP contribution >= 0.6 is 0 Å². The van der Waals surface area contributed by atoms with Crippen molar-refractivity contribution in [2.75, 3.05) is 17.2 Å². The van der Waals surface area contributed by atoms with Gasteiger partial charge in [-0.15, -0.1) is 0 Å². The molecule has 2 rings (SSSR count). The second kappa shape index (κ2) is 8.92. The number of amides is 2. The van der Waals surface area contributed by atoms with Gasteiger partial charge in [-0.2, -0.15) is 5.26 Å².